The Morgan fingerprint density at radius 1 is 0.700 bits per heavy atom. The van der Waals surface area contributed by atoms with Gasteiger partial charge in [-0.3, -0.25) is 4.21 Å². The zero-order chi connectivity index (χ0) is 21.2. The van der Waals surface area contributed by atoms with Crippen molar-refractivity contribution in [1.82, 2.24) is 0 Å². The molecule has 3 nitrogen and oxygen atoms in total. The van der Waals surface area contributed by atoms with Crippen molar-refractivity contribution in [2.24, 2.45) is 0 Å². The Balaban J connectivity index is 1.81. The van der Waals surface area contributed by atoms with Crippen LogP contribution in [0, 0.1) is 11.6 Å². The summed E-state index contributed by atoms with van der Waals surface area (Å²) < 4.78 is 57.1. The van der Waals surface area contributed by atoms with Crippen LogP contribution in [0.15, 0.2) is 103 Å². The molecule has 0 bridgehead atoms. The van der Waals surface area contributed by atoms with Crippen molar-refractivity contribution in [2.75, 3.05) is 0 Å². The molecular weight excluding hydrogens is 406 g/mol. The van der Waals surface area contributed by atoms with E-state index < -0.39 is 21.4 Å². The average Bonchev–Trinajstić information content (AvgIpc) is 2.76. The van der Waals surface area contributed by atoms with Gasteiger partial charge in [0.1, 0.15) is 17.4 Å². The standard InChI is InChI=1S/C24H18F2O3S/c25-20-10-6-18(7-11-20)23(19-8-12-21(26)13-9-19)14-16-24(17-15-23,30(27)28)29-22-4-2-1-3-5-22/h1-17H,(H,27,28)/p-1. The number of hydrogen-bond acceptors (Lipinski definition) is 3. The van der Waals surface area contributed by atoms with Crippen LogP contribution in [0.3, 0.4) is 0 Å². The molecule has 0 saturated carbocycles. The summed E-state index contributed by atoms with van der Waals surface area (Å²) in [6, 6.07) is 20.4. The predicted molar refractivity (Wildman–Crippen MR) is 111 cm³/mol. The zero-order valence-electron chi connectivity index (χ0n) is 15.7. The van der Waals surface area contributed by atoms with Crippen molar-refractivity contribution in [3.63, 3.8) is 0 Å². The largest absolute Gasteiger partial charge is 0.769 e. The Morgan fingerprint density at radius 2 is 1.17 bits per heavy atom. The van der Waals surface area contributed by atoms with E-state index in [-0.39, 0.29) is 11.6 Å². The highest BCUT2D eigenvalue weighted by Gasteiger charge is 2.38. The third kappa shape index (κ3) is 3.72. The van der Waals surface area contributed by atoms with E-state index in [9.17, 15) is 17.5 Å². The lowest BCUT2D eigenvalue weighted by Gasteiger charge is -2.38. The Hall–Kier alpha value is -3.09. The Kier molecular flexibility index (Phi) is 5.37. The van der Waals surface area contributed by atoms with E-state index in [2.05, 4.69) is 0 Å². The summed E-state index contributed by atoms with van der Waals surface area (Å²) in [6.07, 6.45) is 6.28. The molecule has 0 aliphatic heterocycles. The van der Waals surface area contributed by atoms with Gasteiger partial charge in [0, 0.05) is 0 Å². The number of rotatable bonds is 5. The van der Waals surface area contributed by atoms with Crippen LogP contribution in [0.2, 0.25) is 0 Å². The van der Waals surface area contributed by atoms with Crippen LogP contribution in [-0.2, 0) is 16.5 Å². The number of allylic oxidation sites excluding steroid dienone is 2. The van der Waals surface area contributed by atoms with E-state index in [0.29, 0.717) is 16.9 Å². The topological polar surface area (TPSA) is 49.4 Å². The molecule has 6 heteroatoms. The van der Waals surface area contributed by atoms with Crippen LogP contribution < -0.4 is 4.74 Å². The SMILES string of the molecule is O=S([O-])C1(Oc2ccccc2)C=CC(c2ccc(F)cc2)(c2ccc(F)cc2)C=C1. The fraction of sp³-hybridized carbons (Fsp3) is 0.0833. The van der Waals surface area contributed by atoms with Gasteiger partial charge in [0.25, 0.3) is 0 Å². The molecular formula is C24H17F2O3S-. The van der Waals surface area contributed by atoms with Gasteiger partial charge >= 0.3 is 0 Å². The van der Waals surface area contributed by atoms with Crippen molar-refractivity contribution in [3.05, 3.63) is 126 Å². The summed E-state index contributed by atoms with van der Waals surface area (Å²) in [5.41, 5.74) is 0.491. The maximum absolute atomic E-state index is 13.5. The molecule has 0 N–H and O–H groups in total. The molecule has 0 fully saturated rings. The second-order valence-corrected chi connectivity index (χ2v) is 8.03. The summed E-state index contributed by atoms with van der Waals surface area (Å²) in [4.78, 5) is -1.70. The molecule has 3 aromatic rings. The van der Waals surface area contributed by atoms with Crippen molar-refractivity contribution in [2.45, 2.75) is 10.3 Å². The number of benzene rings is 3. The Labute approximate surface area is 175 Å². The molecule has 0 saturated heterocycles. The molecule has 0 heterocycles. The summed E-state index contributed by atoms with van der Waals surface area (Å²) in [7, 11) is 0. The lowest BCUT2D eigenvalue weighted by Crippen LogP contribution is -2.41. The third-order valence-corrected chi connectivity index (χ3v) is 5.96. The highest BCUT2D eigenvalue weighted by Crippen LogP contribution is 2.41. The van der Waals surface area contributed by atoms with Gasteiger partial charge in [-0.2, -0.15) is 0 Å². The lowest BCUT2D eigenvalue weighted by molar-refractivity contribution is 0.240. The van der Waals surface area contributed by atoms with Gasteiger partial charge < -0.3 is 9.29 Å². The van der Waals surface area contributed by atoms with E-state index in [4.69, 9.17) is 4.74 Å². The fourth-order valence-corrected chi connectivity index (χ4v) is 4.02. The molecule has 0 aromatic heterocycles. The van der Waals surface area contributed by atoms with E-state index in [1.165, 1.54) is 36.4 Å². The number of hydrogen-bond donors (Lipinski definition) is 0. The predicted octanol–water partition coefficient (Wildman–Crippen LogP) is 5.03. The first kappa shape index (κ1) is 20.2. The van der Waals surface area contributed by atoms with Crippen molar-refractivity contribution in [3.8, 4) is 5.75 Å². The summed E-state index contributed by atoms with van der Waals surface area (Å²) in [5, 5.41) is 0. The molecule has 1 atom stereocenters. The third-order valence-electron chi connectivity index (χ3n) is 5.08. The number of halogens is 2. The summed E-state index contributed by atoms with van der Waals surface area (Å²) in [5.74, 6) is -0.384. The minimum atomic E-state index is -2.63. The average molecular weight is 423 g/mol. The highest BCUT2D eigenvalue weighted by molar-refractivity contribution is 7.80. The van der Waals surface area contributed by atoms with E-state index in [1.807, 2.05) is 0 Å². The first-order chi connectivity index (χ1) is 14.4. The van der Waals surface area contributed by atoms with Crippen LogP contribution in [0.1, 0.15) is 11.1 Å². The normalized spacial score (nSPS) is 17.4. The van der Waals surface area contributed by atoms with Gasteiger partial charge in [-0.25, -0.2) is 8.78 Å². The van der Waals surface area contributed by atoms with Crippen LogP contribution in [0.5, 0.6) is 5.75 Å². The molecule has 30 heavy (non-hydrogen) atoms. The molecule has 1 aliphatic rings. The molecule has 1 unspecified atom stereocenters. The smallest absolute Gasteiger partial charge is 0.207 e. The summed E-state index contributed by atoms with van der Waals surface area (Å²) in [6.45, 7) is 0. The van der Waals surface area contributed by atoms with Gasteiger partial charge in [0.2, 0.25) is 4.93 Å². The Bertz CT molecular complexity index is 1050. The van der Waals surface area contributed by atoms with Crippen LogP contribution in [-0.4, -0.2) is 13.7 Å². The first-order valence-electron chi connectivity index (χ1n) is 9.20. The highest BCUT2D eigenvalue weighted by atomic mass is 32.2. The number of para-hydroxylation sites is 1. The molecule has 3 aromatic carbocycles. The van der Waals surface area contributed by atoms with Gasteiger partial charge in [-0.15, -0.1) is 0 Å². The van der Waals surface area contributed by atoms with E-state index >= 15 is 0 Å². The Morgan fingerprint density at radius 3 is 1.60 bits per heavy atom. The summed E-state index contributed by atoms with van der Waals surface area (Å²) >= 11 is -2.63. The minimum Gasteiger partial charge on any atom is -0.769 e. The van der Waals surface area contributed by atoms with Gasteiger partial charge in [-0.05, 0) is 70.8 Å². The second-order valence-electron chi connectivity index (χ2n) is 6.92. The van der Waals surface area contributed by atoms with Gasteiger partial charge in [0.15, 0.2) is 0 Å². The van der Waals surface area contributed by atoms with Crippen molar-refractivity contribution in [1.29, 1.82) is 0 Å². The molecule has 0 radical (unpaired) electrons. The molecule has 1 aliphatic carbocycles. The van der Waals surface area contributed by atoms with Gasteiger partial charge in [-0.1, -0.05) is 54.6 Å². The zero-order valence-corrected chi connectivity index (χ0v) is 16.5. The first-order valence-corrected chi connectivity index (χ1v) is 10.3. The van der Waals surface area contributed by atoms with Gasteiger partial charge in [0.05, 0.1) is 5.41 Å². The minimum absolute atomic E-state index is 0.390. The van der Waals surface area contributed by atoms with Crippen molar-refractivity contribution < 1.29 is 22.3 Å². The molecule has 0 amide bonds. The monoisotopic (exact) mass is 423 g/mol. The van der Waals surface area contributed by atoms with Crippen LogP contribution >= 0.6 is 0 Å². The molecule has 0 spiro atoms. The maximum Gasteiger partial charge on any atom is 0.207 e. The quantitative estimate of drug-likeness (QED) is 0.427. The maximum atomic E-state index is 13.5. The van der Waals surface area contributed by atoms with E-state index in [1.54, 1.807) is 66.7 Å². The second kappa shape index (κ2) is 7.97. The lowest BCUT2D eigenvalue weighted by atomic mass is 9.72. The van der Waals surface area contributed by atoms with E-state index in [0.717, 1.165) is 0 Å². The number of ether oxygens (including phenoxy) is 1. The molecule has 152 valence electrons. The molecule has 4 rings (SSSR count). The van der Waals surface area contributed by atoms with Crippen molar-refractivity contribution >= 4 is 11.1 Å². The van der Waals surface area contributed by atoms with Crippen LogP contribution in [0.4, 0.5) is 8.78 Å². The fourth-order valence-electron chi connectivity index (χ4n) is 3.50. The van der Waals surface area contributed by atoms with Crippen LogP contribution in [0.25, 0.3) is 0 Å².